The van der Waals surface area contributed by atoms with Gasteiger partial charge in [-0.05, 0) is 50.2 Å². The van der Waals surface area contributed by atoms with Crippen LogP contribution in [-0.4, -0.2) is 35.5 Å². The van der Waals surface area contributed by atoms with Crippen LogP contribution in [0.2, 0.25) is 0 Å². The Kier molecular flexibility index (Phi) is 9.43. The summed E-state index contributed by atoms with van der Waals surface area (Å²) in [5.74, 6) is -3.43. The van der Waals surface area contributed by atoms with Gasteiger partial charge in [0, 0.05) is 35.7 Å². The molecule has 1 heterocycles. The average molecular weight is 433 g/mol. The summed E-state index contributed by atoms with van der Waals surface area (Å²) in [6, 6.07) is 2.96. The predicted octanol–water partition coefficient (Wildman–Crippen LogP) is 0.648. The number of carboxylic acids is 2. The quantitative estimate of drug-likeness (QED) is 0.484. The summed E-state index contributed by atoms with van der Waals surface area (Å²) in [6.45, 7) is 4.01. The van der Waals surface area contributed by atoms with Gasteiger partial charge in [-0.3, -0.25) is 9.78 Å². The van der Waals surface area contributed by atoms with Crippen molar-refractivity contribution in [3.63, 3.8) is 0 Å². The molecular formula is C23H32N2O6-2. The van der Waals surface area contributed by atoms with Gasteiger partial charge >= 0.3 is 0 Å². The molecule has 1 aliphatic carbocycles. The number of ether oxygens (including phenoxy) is 1. The van der Waals surface area contributed by atoms with E-state index in [9.17, 15) is 24.6 Å². The van der Waals surface area contributed by atoms with E-state index in [1.807, 2.05) is 26.0 Å². The van der Waals surface area contributed by atoms with Gasteiger partial charge in [0.25, 0.3) is 0 Å². The third-order valence-corrected chi connectivity index (χ3v) is 5.96. The van der Waals surface area contributed by atoms with Crippen LogP contribution in [0.25, 0.3) is 0 Å². The van der Waals surface area contributed by atoms with E-state index in [-0.39, 0.29) is 32.0 Å². The Balaban J connectivity index is 2.02. The molecule has 8 nitrogen and oxygen atoms in total. The fourth-order valence-corrected chi connectivity index (χ4v) is 4.29. The molecule has 0 spiro atoms. The molecular weight excluding hydrogens is 400 g/mol. The number of aryl methyl sites for hydroxylation is 1. The van der Waals surface area contributed by atoms with Crippen molar-refractivity contribution in [3.05, 3.63) is 29.6 Å². The SMILES string of the molecule is CCC[C@H](CC1(C(=O)N[C@@H](COCc2ccc(C)nc2)CC(=O)[O-])CCCC1)C(=O)[O-]. The Morgan fingerprint density at radius 2 is 1.94 bits per heavy atom. The second kappa shape index (κ2) is 11.8. The van der Waals surface area contributed by atoms with Crippen molar-refractivity contribution in [1.29, 1.82) is 0 Å². The molecule has 0 bridgehead atoms. The van der Waals surface area contributed by atoms with E-state index in [1.54, 1.807) is 6.20 Å². The molecule has 0 aliphatic heterocycles. The minimum atomic E-state index is -1.29. The van der Waals surface area contributed by atoms with Crippen molar-refractivity contribution in [2.24, 2.45) is 11.3 Å². The summed E-state index contributed by atoms with van der Waals surface area (Å²) in [4.78, 5) is 40.1. The third kappa shape index (κ3) is 7.61. The van der Waals surface area contributed by atoms with Crippen LogP contribution in [0.5, 0.6) is 0 Å². The lowest BCUT2D eigenvalue weighted by Gasteiger charge is -2.34. The number of amides is 1. The van der Waals surface area contributed by atoms with Gasteiger partial charge in [0.1, 0.15) is 0 Å². The molecule has 31 heavy (non-hydrogen) atoms. The number of carbonyl (C=O) groups is 3. The molecule has 0 radical (unpaired) electrons. The molecule has 1 aromatic heterocycles. The minimum Gasteiger partial charge on any atom is -0.550 e. The first-order valence-corrected chi connectivity index (χ1v) is 11.0. The lowest BCUT2D eigenvalue weighted by atomic mass is 9.75. The largest absolute Gasteiger partial charge is 0.550 e. The Hall–Kier alpha value is -2.48. The highest BCUT2D eigenvalue weighted by Gasteiger charge is 2.43. The van der Waals surface area contributed by atoms with E-state index in [0.29, 0.717) is 25.7 Å². The number of hydrogen-bond donors (Lipinski definition) is 1. The number of carbonyl (C=O) groups excluding carboxylic acids is 3. The fourth-order valence-electron chi connectivity index (χ4n) is 4.29. The van der Waals surface area contributed by atoms with Crippen molar-refractivity contribution < 1.29 is 29.3 Å². The van der Waals surface area contributed by atoms with E-state index in [4.69, 9.17) is 4.74 Å². The lowest BCUT2D eigenvalue weighted by Crippen LogP contribution is -2.49. The molecule has 1 N–H and O–H groups in total. The number of hydrogen-bond acceptors (Lipinski definition) is 7. The second-order valence-corrected chi connectivity index (χ2v) is 8.57. The summed E-state index contributed by atoms with van der Waals surface area (Å²) in [5, 5.41) is 25.6. The van der Waals surface area contributed by atoms with Gasteiger partial charge in [-0.25, -0.2) is 0 Å². The fraction of sp³-hybridized carbons (Fsp3) is 0.652. The second-order valence-electron chi connectivity index (χ2n) is 8.57. The highest BCUT2D eigenvalue weighted by molar-refractivity contribution is 5.84. The topological polar surface area (TPSA) is 131 Å². The van der Waals surface area contributed by atoms with E-state index in [2.05, 4.69) is 10.3 Å². The molecule has 0 saturated heterocycles. The van der Waals surface area contributed by atoms with Crippen LogP contribution < -0.4 is 15.5 Å². The number of pyridine rings is 1. The normalized spacial score (nSPS) is 17.1. The highest BCUT2D eigenvalue weighted by atomic mass is 16.5. The molecule has 2 rings (SSSR count). The van der Waals surface area contributed by atoms with Crippen molar-refractivity contribution in [3.8, 4) is 0 Å². The molecule has 1 amide bonds. The van der Waals surface area contributed by atoms with Gasteiger partial charge in [-0.2, -0.15) is 0 Å². The van der Waals surface area contributed by atoms with Gasteiger partial charge in [0.2, 0.25) is 5.91 Å². The van der Waals surface area contributed by atoms with Gasteiger partial charge in [0.05, 0.1) is 19.3 Å². The minimum absolute atomic E-state index is 0.00253. The Morgan fingerprint density at radius 1 is 1.23 bits per heavy atom. The molecule has 1 saturated carbocycles. The van der Waals surface area contributed by atoms with Crippen LogP contribution in [0, 0.1) is 18.3 Å². The average Bonchev–Trinajstić information content (AvgIpc) is 3.18. The number of aromatic nitrogens is 1. The van der Waals surface area contributed by atoms with E-state index >= 15 is 0 Å². The van der Waals surface area contributed by atoms with Crippen molar-refractivity contribution in [2.45, 2.75) is 77.9 Å². The van der Waals surface area contributed by atoms with Crippen molar-refractivity contribution in [1.82, 2.24) is 10.3 Å². The Bertz CT molecular complexity index is 743. The van der Waals surface area contributed by atoms with E-state index in [1.165, 1.54) is 0 Å². The molecule has 172 valence electrons. The number of nitrogens with zero attached hydrogens (tertiary/aromatic N) is 1. The molecule has 1 aromatic rings. The lowest BCUT2D eigenvalue weighted by molar-refractivity contribution is -0.312. The zero-order valence-corrected chi connectivity index (χ0v) is 18.4. The molecule has 2 atom stereocenters. The molecule has 0 aromatic carbocycles. The summed E-state index contributed by atoms with van der Waals surface area (Å²) < 4.78 is 5.63. The number of rotatable bonds is 13. The maximum absolute atomic E-state index is 13.2. The molecule has 8 heteroatoms. The summed E-state index contributed by atoms with van der Waals surface area (Å²) in [5.41, 5.74) is 0.906. The molecule has 1 fully saturated rings. The first kappa shape index (κ1) is 24.8. The van der Waals surface area contributed by atoms with Crippen LogP contribution in [-0.2, 0) is 25.7 Å². The number of aliphatic carboxylic acids is 2. The maximum Gasteiger partial charge on any atom is 0.226 e. The van der Waals surface area contributed by atoms with Crippen LogP contribution in [0.4, 0.5) is 0 Å². The monoisotopic (exact) mass is 432 g/mol. The molecule has 0 unspecified atom stereocenters. The van der Waals surface area contributed by atoms with E-state index < -0.39 is 29.3 Å². The van der Waals surface area contributed by atoms with Gasteiger partial charge in [0.15, 0.2) is 0 Å². The number of carboxylic acid groups (broad SMARTS) is 2. The van der Waals surface area contributed by atoms with Crippen LogP contribution in [0.15, 0.2) is 18.3 Å². The maximum atomic E-state index is 13.2. The summed E-state index contributed by atoms with van der Waals surface area (Å²) in [6.07, 6.45) is 5.49. The third-order valence-electron chi connectivity index (χ3n) is 5.96. The Morgan fingerprint density at radius 3 is 2.48 bits per heavy atom. The van der Waals surface area contributed by atoms with Gasteiger partial charge < -0.3 is 29.9 Å². The van der Waals surface area contributed by atoms with E-state index in [0.717, 1.165) is 24.1 Å². The molecule has 1 aliphatic rings. The summed E-state index contributed by atoms with van der Waals surface area (Å²) in [7, 11) is 0. The smallest absolute Gasteiger partial charge is 0.226 e. The number of nitrogens with one attached hydrogen (secondary N) is 1. The van der Waals surface area contributed by atoms with Crippen LogP contribution in [0.3, 0.4) is 0 Å². The van der Waals surface area contributed by atoms with Crippen LogP contribution >= 0.6 is 0 Å². The van der Waals surface area contributed by atoms with Crippen molar-refractivity contribution >= 4 is 17.8 Å². The van der Waals surface area contributed by atoms with Gasteiger partial charge in [-0.15, -0.1) is 0 Å². The zero-order valence-electron chi connectivity index (χ0n) is 18.4. The predicted molar refractivity (Wildman–Crippen MR) is 109 cm³/mol. The first-order valence-electron chi connectivity index (χ1n) is 11.0. The first-order chi connectivity index (χ1) is 14.8. The highest BCUT2D eigenvalue weighted by Crippen LogP contribution is 2.44. The summed E-state index contributed by atoms with van der Waals surface area (Å²) >= 11 is 0. The standard InChI is InChI=1S/C23H34N2O6/c1-3-6-18(21(28)29)12-23(9-4-5-10-23)22(30)25-19(11-20(26)27)15-31-14-17-8-7-16(2)24-13-17/h7-8,13,18-19H,3-6,9-12,14-15H2,1-2H3,(H,25,30)(H,26,27)(H,28,29)/p-2/t18-,19-/m1/s1. The van der Waals surface area contributed by atoms with Crippen LogP contribution in [0.1, 0.15) is 69.5 Å². The van der Waals surface area contributed by atoms with Gasteiger partial charge in [-0.1, -0.05) is 32.3 Å². The Labute approximate surface area is 183 Å². The zero-order chi connectivity index (χ0) is 22.9. The van der Waals surface area contributed by atoms with Crippen molar-refractivity contribution in [2.75, 3.05) is 6.61 Å².